The van der Waals surface area contributed by atoms with Crippen molar-refractivity contribution < 1.29 is 4.79 Å². The highest BCUT2D eigenvalue weighted by molar-refractivity contribution is 5.93. The van der Waals surface area contributed by atoms with Crippen LogP contribution >= 0.6 is 0 Å². The number of carbonyl (C=O) groups excluding carboxylic acids is 1. The first-order valence-corrected chi connectivity index (χ1v) is 5.33. The number of carbonyl (C=O) groups is 1. The summed E-state index contributed by atoms with van der Waals surface area (Å²) in [5.41, 5.74) is 1.46. The second-order valence-corrected chi connectivity index (χ2v) is 3.72. The highest BCUT2D eigenvalue weighted by Gasteiger charge is 2.11. The van der Waals surface area contributed by atoms with Crippen molar-refractivity contribution in [3.63, 3.8) is 0 Å². The Kier molecular flexibility index (Phi) is 3.45. The molecule has 2 aromatic rings. The first-order valence-electron chi connectivity index (χ1n) is 5.33. The molecule has 0 spiro atoms. The lowest BCUT2D eigenvalue weighted by molar-refractivity contribution is 0.0783. The van der Waals surface area contributed by atoms with Gasteiger partial charge in [0.25, 0.3) is 5.91 Å². The van der Waals surface area contributed by atoms with Gasteiger partial charge in [-0.3, -0.25) is 14.8 Å². The zero-order valence-corrected chi connectivity index (χ0v) is 9.58. The molecule has 0 aromatic carbocycles. The van der Waals surface area contributed by atoms with Crippen molar-refractivity contribution in [2.45, 2.75) is 6.54 Å². The summed E-state index contributed by atoms with van der Waals surface area (Å²) in [7, 11) is 1.75. The smallest absolute Gasteiger partial charge is 0.255 e. The molecule has 0 aliphatic carbocycles. The van der Waals surface area contributed by atoms with E-state index in [0.29, 0.717) is 12.1 Å². The summed E-state index contributed by atoms with van der Waals surface area (Å²) in [6.45, 7) is 0.495. The molecule has 0 radical (unpaired) electrons. The van der Waals surface area contributed by atoms with Crippen LogP contribution in [-0.4, -0.2) is 27.8 Å². The van der Waals surface area contributed by atoms with Crippen molar-refractivity contribution in [2.75, 3.05) is 7.05 Å². The van der Waals surface area contributed by atoms with Gasteiger partial charge >= 0.3 is 0 Å². The van der Waals surface area contributed by atoms with Gasteiger partial charge in [-0.1, -0.05) is 6.07 Å². The molecule has 2 rings (SSSR count). The van der Waals surface area contributed by atoms with Gasteiger partial charge in [-0.05, 0) is 24.3 Å². The molecule has 86 valence electrons. The molecule has 4 heteroatoms. The molecule has 2 aromatic heterocycles. The molecular formula is C13H13N3O. The molecule has 0 atom stereocenters. The fourth-order valence-corrected chi connectivity index (χ4v) is 1.52. The Morgan fingerprint density at radius 2 is 2.12 bits per heavy atom. The molecule has 0 N–H and O–H groups in total. The molecule has 0 saturated carbocycles. The van der Waals surface area contributed by atoms with E-state index in [9.17, 15) is 4.79 Å². The normalized spacial score (nSPS) is 9.94. The molecule has 0 aliphatic rings. The maximum atomic E-state index is 12.0. The van der Waals surface area contributed by atoms with Gasteiger partial charge in [0.05, 0.1) is 17.8 Å². The van der Waals surface area contributed by atoms with Crippen LogP contribution in [0.5, 0.6) is 0 Å². The van der Waals surface area contributed by atoms with Crippen LogP contribution in [0.2, 0.25) is 0 Å². The first kappa shape index (κ1) is 11.3. The monoisotopic (exact) mass is 227 g/mol. The lowest BCUT2D eigenvalue weighted by Crippen LogP contribution is -2.26. The molecule has 4 nitrogen and oxygen atoms in total. The number of hydrogen-bond acceptors (Lipinski definition) is 3. The fraction of sp³-hybridized carbons (Fsp3) is 0.154. The highest BCUT2D eigenvalue weighted by Crippen LogP contribution is 2.05. The molecule has 2 heterocycles. The van der Waals surface area contributed by atoms with Gasteiger partial charge in [0.15, 0.2) is 0 Å². The minimum absolute atomic E-state index is 0.0521. The Hall–Kier alpha value is -2.23. The zero-order valence-electron chi connectivity index (χ0n) is 9.58. The van der Waals surface area contributed by atoms with E-state index in [1.165, 1.54) is 0 Å². The van der Waals surface area contributed by atoms with E-state index < -0.39 is 0 Å². The van der Waals surface area contributed by atoms with E-state index in [0.717, 1.165) is 5.69 Å². The van der Waals surface area contributed by atoms with Gasteiger partial charge in [-0.15, -0.1) is 0 Å². The topological polar surface area (TPSA) is 46.1 Å². The Bertz CT molecular complexity index is 485. The summed E-state index contributed by atoms with van der Waals surface area (Å²) < 4.78 is 0. The average Bonchev–Trinajstić information content (AvgIpc) is 2.40. The van der Waals surface area contributed by atoms with Crippen LogP contribution in [-0.2, 0) is 6.54 Å². The molecule has 0 unspecified atom stereocenters. The molecule has 17 heavy (non-hydrogen) atoms. The molecular weight excluding hydrogens is 214 g/mol. The van der Waals surface area contributed by atoms with Gasteiger partial charge in [0, 0.05) is 25.6 Å². The van der Waals surface area contributed by atoms with E-state index >= 15 is 0 Å². The van der Waals surface area contributed by atoms with Gasteiger partial charge in [-0.2, -0.15) is 0 Å². The summed E-state index contributed by atoms with van der Waals surface area (Å²) in [6.07, 6.45) is 4.94. The predicted molar refractivity (Wildman–Crippen MR) is 64.3 cm³/mol. The van der Waals surface area contributed by atoms with Crippen molar-refractivity contribution in [3.05, 3.63) is 60.2 Å². The summed E-state index contributed by atoms with van der Waals surface area (Å²) >= 11 is 0. The van der Waals surface area contributed by atoms with Crippen molar-refractivity contribution in [1.29, 1.82) is 0 Å². The largest absolute Gasteiger partial charge is 0.336 e. The number of pyridine rings is 2. The summed E-state index contributed by atoms with van der Waals surface area (Å²) in [5.74, 6) is -0.0521. The minimum atomic E-state index is -0.0521. The standard InChI is InChI=1S/C13H13N3O/c1-16(10-12-6-2-3-8-15-12)13(17)11-5-4-7-14-9-11/h2-9H,10H2,1H3. The molecule has 1 amide bonds. The van der Waals surface area contributed by atoms with Gasteiger partial charge in [0.2, 0.25) is 0 Å². The van der Waals surface area contributed by atoms with Crippen LogP contribution in [0.4, 0.5) is 0 Å². The number of rotatable bonds is 3. The van der Waals surface area contributed by atoms with E-state index in [4.69, 9.17) is 0 Å². The van der Waals surface area contributed by atoms with Crippen molar-refractivity contribution in [2.24, 2.45) is 0 Å². The number of aromatic nitrogens is 2. The van der Waals surface area contributed by atoms with Crippen LogP contribution in [0.25, 0.3) is 0 Å². The quantitative estimate of drug-likeness (QED) is 0.802. The SMILES string of the molecule is CN(Cc1ccccn1)C(=O)c1cccnc1. The lowest BCUT2D eigenvalue weighted by Gasteiger charge is -2.16. The van der Waals surface area contributed by atoms with E-state index in [-0.39, 0.29) is 5.91 Å². The van der Waals surface area contributed by atoms with E-state index in [1.54, 1.807) is 42.7 Å². The number of amides is 1. The maximum absolute atomic E-state index is 12.0. The third-order valence-corrected chi connectivity index (χ3v) is 2.38. The Balaban J connectivity index is 2.06. The van der Waals surface area contributed by atoms with E-state index in [1.807, 2.05) is 18.2 Å². The second kappa shape index (κ2) is 5.21. The first-order chi connectivity index (χ1) is 8.27. The highest BCUT2D eigenvalue weighted by atomic mass is 16.2. The minimum Gasteiger partial charge on any atom is -0.336 e. The molecule has 0 saturated heterocycles. The van der Waals surface area contributed by atoms with Crippen molar-refractivity contribution in [1.82, 2.24) is 14.9 Å². The average molecular weight is 227 g/mol. The third kappa shape index (κ3) is 2.87. The Labute approximate surface area is 99.9 Å². The predicted octanol–water partition coefficient (Wildman–Crippen LogP) is 1.75. The van der Waals surface area contributed by atoms with Crippen molar-refractivity contribution >= 4 is 5.91 Å². The van der Waals surface area contributed by atoms with Crippen LogP contribution in [0.15, 0.2) is 48.9 Å². The number of nitrogens with zero attached hydrogens (tertiary/aromatic N) is 3. The van der Waals surface area contributed by atoms with Crippen LogP contribution in [0.1, 0.15) is 16.1 Å². The lowest BCUT2D eigenvalue weighted by atomic mass is 10.2. The summed E-state index contributed by atoms with van der Waals surface area (Å²) in [4.78, 5) is 21.7. The molecule has 0 aliphatic heterocycles. The van der Waals surface area contributed by atoms with Crippen LogP contribution in [0.3, 0.4) is 0 Å². The fourth-order valence-electron chi connectivity index (χ4n) is 1.52. The van der Waals surface area contributed by atoms with Crippen molar-refractivity contribution in [3.8, 4) is 0 Å². The van der Waals surface area contributed by atoms with E-state index in [2.05, 4.69) is 9.97 Å². The maximum Gasteiger partial charge on any atom is 0.255 e. The van der Waals surface area contributed by atoms with Crippen LogP contribution in [0, 0.1) is 0 Å². The Morgan fingerprint density at radius 1 is 1.24 bits per heavy atom. The molecule has 0 bridgehead atoms. The number of hydrogen-bond donors (Lipinski definition) is 0. The zero-order chi connectivity index (χ0) is 12.1. The third-order valence-electron chi connectivity index (χ3n) is 2.38. The molecule has 0 fully saturated rings. The van der Waals surface area contributed by atoms with Gasteiger partial charge < -0.3 is 4.90 Å². The van der Waals surface area contributed by atoms with Gasteiger partial charge in [-0.25, -0.2) is 0 Å². The van der Waals surface area contributed by atoms with Crippen LogP contribution < -0.4 is 0 Å². The summed E-state index contributed by atoms with van der Waals surface area (Å²) in [5, 5.41) is 0. The Morgan fingerprint density at radius 3 is 2.76 bits per heavy atom. The summed E-state index contributed by atoms with van der Waals surface area (Å²) in [6, 6.07) is 9.16. The van der Waals surface area contributed by atoms with Gasteiger partial charge in [0.1, 0.15) is 0 Å². The second-order valence-electron chi connectivity index (χ2n) is 3.72.